The molecule has 0 radical (unpaired) electrons. The van der Waals surface area contributed by atoms with Crippen molar-refractivity contribution < 1.29 is 9.90 Å². The summed E-state index contributed by atoms with van der Waals surface area (Å²) in [7, 11) is 1.77. The Kier molecular flexibility index (Phi) is 6.89. The second kappa shape index (κ2) is 10.0. The van der Waals surface area contributed by atoms with Crippen molar-refractivity contribution in [2.75, 3.05) is 19.7 Å². The largest absolute Gasteiger partial charge is 0.396 e. The van der Waals surface area contributed by atoms with Gasteiger partial charge in [-0.05, 0) is 92.1 Å². The molecule has 1 aliphatic heterocycles. The smallest absolute Gasteiger partial charge is 0.250 e. The first-order chi connectivity index (χ1) is 16.6. The summed E-state index contributed by atoms with van der Waals surface area (Å²) in [6, 6.07) is 10.9. The van der Waals surface area contributed by atoms with Gasteiger partial charge in [-0.3, -0.25) is 9.59 Å². The molecule has 2 aliphatic carbocycles. The molecule has 182 valence electrons. The normalized spacial score (nSPS) is 24.5. The molecule has 0 bridgehead atoms. The topological polar surface area (TPSA) is 74.6 Å². The van der Waals surface area contributed by atoms with E-state index >= 15 is 0 Å². The highest BCUT2D eigenvalue weighted by atomic mass is 16.3. The predicted octanol–water partition coefficient (Wildman–Crippen LogP) is 3.07. The minimum Gasteiger partial charge on any atom is -0.396 e. The van der Waals surface area contributed by atoms with Crippen molar-refractivity contribution in [3.8, 4) is 0 Å². The molecule has 1 saturated heterocycles. The Labute approximate surface area is 202 Å². The summed E-state index contributed by atoms with van der Waals surface area (Å²) in [6.45, 7) is 1.73. The molecule has 1 saturated carbocycles. The first-order valence-electron chi connectivity index (χ1n) is 13.0. The van der Waals surface area contributed by atoms with Gasteiger partial charge in [0.1, 0.15) is 0 Å². The van der Waals surface area contributed by atoms with Crippen LogP contribution in [-0.2, 0) is 24.7 Å². The quantitative estimate of drug-likeness (QED) is 0.662. The number of carbonyl (C=O) groups excluding carboxylic acids is 1. The average Bonchev–Trinajstić information content (AvgIpc) is 3.70. The number of nitrogens with one attached hydrogen (secondary N) is 1. The van der Waals surface area contributed by atoms with Gasteiger partial charge in [-0.2, -0.15) is 0 Å². The Morgan fingerprint density at radius 3 is 2.79 bits per heavy atom. The number of aliphatic hydroxyl groups is 1. The third-order valence-corrected chi connectivity index (χ3v) is 8.00. The van der Waals surface area contributed by atoms with Crippen LogP contribution >= 0.6 is 0 Å². The van der Waals surface area contributed by atoms with Gasteiger partial charge in [-0.25, -0.2) is 0 Å². The van der Waals surface area contributed by atoms with Crippen LogP contribution in [0, 0.1) is 5.92 Å². The number of hydrogen-bond donors (Lipinski definition) is 2. The van der Waals surface area contributed by atoms with Crippen molar-refractivity contribution in [2.24, 2.45) is 13.0 Å². The van der Waals surface area contributed by atoms with E-state index in [4.69, 9.17) is 0 Å². The van der Waals surface area contributed by atoms with Crippen LogP contribution in [0.3, 0.4) is 0 Å². The Bertz CT molecular complexity index is 1090. The number of hydrogen-bond acceptors (Lipinski definition) is 4. The molecule has 1 unspecified atom stereocenters. The molecule has 2 aromatic rings. The van der Waals surface area contributed by atoms with E-state index in [1.54, 1.807) is 17.7 Å². The van der Waals surface area contributed by atoms with Crippen LogP contribution in [0.2, 0.25) is 0 Å². The maximum atomic E-state index is 14.3. The zero-order valence-corrected chi connectivity index (χ0v) is 20.2. The van der Waals surface area contributed by atoms with Gasteiger partial charge in [0, 0.05) is 38.5 Å². The fourth-order valence-electron chi connectivity index (χ4n) is 5.99. The molecular formula is C28H37N3O3. The average molecular weight is 464 g/mol. The van der Waals surface area contributed by atoms with Crippen LogP contribution in [-0.4, -0.2) is 46.2 Å². The second-order valence-corrected chi connectivity index (χ2v) is 10.4. The maximum Gasteiger partial charge on any atom is 0.250 e. The minimum atomic E-state index is -0.149. The third kappa shape index (κ3) is 4.71. The molecule has 2 N–H and O–H groups in total. The molecule has 1 amide bonds. The third-order valence-electron chi connectivity index (χ3n) is 8.00. The molecule has 3 aliphatic rings. The summed E-state index contributed by atoms with van der Waals surface area (Å²) < 4.78 is 1.59. The number of nitrogens with zero attached hydrogens (tertiary/aromatic N) is 2. The number of pyridine rings is 1. The Balaban J connectivity index is 1.46. The van der Waals surface area contributed by atoms with Crippen molar-refractivity contribution in [1.82, 2.24) is 14.8 Å². The van der Waals surface area contributed by atoms with Crippen molar-refractivity contribution in [2.45, 2.75) is 69.4 Å². The highest BCUT2D eigenvalue weighted by Gasteiger charge is 2.44. The summed E-state index contributed by atoms with van der Waals surface area (Å²) in [5.74, 6) is 0.172. The lowest BCUT2D eigenvalue weighted by Gasteiger charge is -2.41. The number of amides is 1. The zero-order chi connectivity index (χ0) is 23.7. The van der Waals surface area contributed by atoms with E-state index in [1.807, 2.05) is 12.3 Å². The number of aryl methyl sites for hydroxylation is 3. The van der Waals surface area contributed by atoms with Crippen LogP contribution in [0.1, 0.15) is 72.7 Å². The number of carbonyl (C=O) groups is 1. The van der Waals surface area contributed by atoms with Gasteiger partial charge >= 0.3 is 0 Å². The van der Waals surface area contributed by atoms with Crippen molar-refractivity contribution in [3.05, 3.63) is 69.1 Å². The summed E-state index contributed by atoms with van der Waals surface area (Å²) >= 11 is 0. The van der Waals surface area contributed by atoms with Gasteiger partial charge in [-0.15, -0.1) is 0 Å². The number of fused-ring (bicyclic) bond motifs is 1. The van der Waals surface area contributed by atoms with Crippen LogP contribution in [0.4, 0.5) is 0 Å². The second-order valence-electron chi connectivity index (χ2n) is 10.4. The summed E-state index contributed by atoms with van der Waals surface area (Å²) in [5.41, 5.74) is 4.91. The predicted molar refractivity (Wildman–Crippen MR) is 133 cm³/mol. The molecule has 0 spiro atoms. The molecule has 2 heterocycles. The minimum absolute atomic E-state index is 0.0158. The molecule has 5 rings (SSSR count). The van der Waals surface area contributed by atoms with Crippen LogP contribution < -0.4 is 10.9 Å². The van der Waals surface area contributed by atoms with E-state index in [0.29, 0.717) is 12.6 Å². The maximum absolute atomic E-state index is 14.3. The molecular weight excluding hydrogens is 426 g/mol. The molecule has 3 atom stereocenters. The van der Waals surface area contributed by atoms with Crippen LogP contribution in [0.15, 0.2) is 41.3 Å². The number of benzene rings is 1. The zero-order valence-electron chi connectivity index (χ0n) is 20.2. The monoisotopic (exact) mass is 463 g/mol. The van der Waals surface area contributed by atoms with E-state index in [0.717, 1.165) is 63.5 Å². The Hall–Kier alpha value is -2.44. The molecule has 1 aromatic heterocycles. The van der Waals surface area contributed by atoms with Gasteiger partial charge < -0.3 is 19.9 Å². The number of piperidine rings is 1. The van der Waals surface area contributed by atoms with E-state index in [-0.39, 0.29) is 36.0 Å². The highest BCUT2D eigenvalue weighted by Crippen LogP contribution is 2.44. The van der Waals surface area contributed by atoms with Crippen molar-refractivity contribution in [1.29, 1.82) is 0 Å². The lowest BCUT2D eigenvalue weighted by atomic mass is 9.79. The summed E-state index contributed by atoms with van der Waals surface area (Å²) in [6.07, 6.45) is 9.67. The number of aromatic nitrogens is 1. The van der Waals surface area contributed by atoms with Gasteiger partial charge in [0.2, 0.25) is 5.91 Å². The lowest BCUT2D eigenvalue weighted by Crippen LogP contribution is -2.49. The Morgan fingerprint density at radius 1 is 1.18 bits per heavy atom. The number of rotatable bonds is 7. The standard InChI is InChI=1S/C28H37N3O3/c1-30-14-12-21(17-27(30)33)23-11-13-29-18-25(23)28(34)31(22-9-10-22)26-6-2-5-20-8-7-19(4-3-15-32)16-24(20)26/h7-8,12,14,16-17,22-23,25-26,29,32H,2-6,9-11,13,15,18H2,1H3/t23-,25+,26?/m1/s1. The molecule has 1 aromatic carbocycles. The fraction of sp³-hybridized carbons (Fsp3) is 0.571. The van der Waals surface area contributed by atoms with E-state index in [2.05, 4.69) is 28.4 Å². The Morgan fingerprint density at radius 2 is 2.03 bits per heavy atom. The van der Waals surface area contributed by atoms with Crippen molar-refractivity contribution in [3.63, 3.8) is 0 Å². The van der Waals surface area contributed by atoms with Crippen LogP contribution in [0.5, 0.6) is 0 Å². The van der Waals surface area contributed by atoms with Gasteiger partial charge in [-0.1, -0.05) is 18.2 Å². The fourth-order valence-corrected chi connectivity index (χ4v) is 5.99. The highest BCUT2D eigenvalue weighted by molar-refractivity contribution is 5.81. The summed E-state index contributed by atoms with van der Waals surface area (Å²) in [4.78, 5) is 28.8. The first-order valence-corrected chi connectivity index (χ1v) is 13.0. The van der Waals surface area contributed by atoms with E-state index in [1.165, 1.54) is 16.7 Å². The molecule has 2 fully saturated rings. The van der Waals surface area contributed by atoms with Crippen molar-refractivity contribution >= 4 is 5.91 Å². The molecule has 6 nitrogen and oxygen atoms in total. The van der Waals surface area contributed by atoms with Gasteiger partial charge in [0.15, 0.2) is 0 Å². The number of aliphatic hydroxyl groups excluding tert-OH is 1. The first kappa shape index (κ1) is 23.3. The van der Waals surface area contributed by atoms with Gasteiger partial charge in [0.25, 0.3) is 5.56 Å². The van der Waals surface area contributed by atoms with Gasteiger partial charge in [0.05, 0.1) is 12.0 Å². The SMILES string of the molecule is Cn1ccc([C@H]2CCNC[C@@H]2C(=O)N(C2CC2)C2CCCc3ccc(CCCO)cc32)cc1=O. The van der Waals surface area contributed by atoms with Crippen LogP contribution in [0.25, 0.3) is 0 Å². The van der Waals surface area contributed by atoms with E-state index < -0.39 is 0 Å². The summed E-state index contributed by atoms with van der Waals surface area (Å²) in [5, 5.41) is 12.7. The lowest BCUT2D eigenvalue weighted by molar-refractivity contribution is -0.140. The molecule has 6 heteroatoms. The van der Waals surface area contributed by atoms with E-state index in [9.17, 15) is 14.7 Å². The molecule has 34 heavy (non-hydrogen) atoms.